The van der Waals surface area contributed by atoms with E-state index in [0.717, 1.165) is 33.5 Å². The number of carbonyl (C=O) groups excluding carboxylic acids is 1. The van der Waals surface area contributed by atoms with Gasteiger partial charge in [0.15, 0.2) is 11.5 Å². The minimum absolute atomic E-state index is 0.0337. The van der Waals surface area contributed by atoms with Gasteiger partial charge in [-0.3, -0.25) is 9.48 Å². The van der Waals surface area contributed by atoms with Crippen LogP contribution in [0.25, 0.3) is 22.2 Å². The van der Waals surface area contributed by atoms with Crippen LogP contribution in [-0.4, -0.2) is 30.5 Å². The zero-order valence-corrected chi connectivity index (χ0v) is 19.6. The number of anilines is 1. The number of pyridine rings is 1. The molecule has 0 radical (unpaired) electrons. The third-order valence-electron chi connectivity index (χ3n) is 5.71. The van der Waals surface area contributed by atoms with Crippen molar-refractivity contribution in [2.45, 2.75) is 26.9 Å². The Labute approximate surface area is 202 Å². The van der Waals surface area contributed by atoms with E-state index in [1.807, 2.05) is 73.1 Å². The highest BCUT2D eigenvalue weighted by Gasteiger charge is 2.17. The van der Waals surface area contributed by atoms with Gasteiger partial charge in [0, 0.05) is 28.4 Å². The molecule has 0 fully saturated rings. The van der Waals surface area contributed by atoms with Crippen molar-refractivity contribution >= 4 is 34.4 Å². The third kappa shape index (κ3) is 4.30. The van der Waals surface area contributed by atoms with E-state index >= 15 is 0 Å². The second kappa shape index (κ2) is 9.11. The summed E-state index contributed by atoms with van der Waals surface area (Å²) in [5, 5.41) is 13.6. The van der Waals surface area contributed by atoms with Gasteiger partial charge in [-0.1, -0.05) is 60.1 Å². The Morgan fingerprint density at radius 3 is 2.53 bits per heavy atom. The van der Waals surface area contributed by atoms with Crippen molar-refractivity contribution in [2.24, 2.45) is 0 Å². The maximum atomic E-state index is 12.9. The lowest BCUT2D eigenvalue weighted by Gasteiger charge is -2.07. The van der Waals surface area contributed by atoms with Crippen LogP contribution < -0.4 is 5.32 Å². The number of halogens is 1. The number of hydrogen-bond donors (Lipinski definition) is 1. The maximum absolute atomic E-state index is 12.9. The normalized spacial score (nSPS) is 11.1. The Morgan fingerprint density at radius 2 is 1.74 bits per heavy atom. The number of aryl methyl sites for hydroxylation is 2. The zero-order chi connectivity index (χ0) is 23.7. The largest absolute Gasteiger partial charge is 0.308 e. The van der Waals surface area contributed by atoms with Gasteiger partial charge in [-0.15, -0.1) is 0 Å². The highest BCUT2D eigenvalue weighted by molar-refractivity contribution is 6.31. The lowest BCUT2D eigenvalue weighted by molar-refractivity contribution is -0.116. The molecule has 0 saturated heterocycles. The van der Waals surface area contributed by atoms with E-state index in [1.54, 1.807) is 10.9 Å². The van der Waals surface area contributed by atoms with Gasteiger partial charge >= 0.3 is 0 Å². The van der Waals surface area contributed by atoms with Crippen molar-refractivity contribution in [3.8, 4) is 11.1 Å². The monoisotopic (exact) mass is 470 g/mol. The van der Waals surface area contributed by atoms with E-state index in [1.165, 1.54) is 0 Å². The van der Waals surface area contributed by atoms with Gasteiger partial charge < -0.3 is 5.32 Å². The molecule has 0 unspecified atom stereocenters. The van der Waals surface area contributed by atoms with Crippen LogP contribution >= 0.6 is 11.6 Å². The number of aromatic nitrogens is 5. The average Bonchev–Trinajstić information content (AvgIpc) is 3.34. The molecule has 170 valence electrons. The van der Waals surface area contributed by atoms with Crippen LogP contribution in [0.5, 0.6) is 0 Å². The number of amides is 1. The number of nitrogens with one attached hydrogen (secondary N) is 1. The first-order valence-electron chi connectivity index (χ1n) is 10.9. The number of carbonyl (C=O) groups is 1. The Bertz CT molecular complexity index is 1490. The molecule has 0 spiro atoms. The molecule has 0 aliphatic carbocycles. The van der Waals surface area contributed by atoms with E-state index in [0.29, 0.717) is 23.0 Å². The van der Waals surface area contributed by atoms with Gasteiger partial charge in [-0.05, 0) is 42.7 Å². The van der Waals surface area contributed by atoms with E-state index in [2.05, 4.69) is 32.6 Å². The Morgan fingerprint density at radius 1 is 0.971 bits per heavy atom. The first-order valence-corrected chi connectivity index (χ1v) is 11.3. The second-order valence-corrected chi connectivity index (χ2v) is 8.54. The molecule has 0 atom stereocenters. The standard InChI is InChI=1S/C26H23ClN6O/c1-17-14-23(31-32(17)15-20-10-6-7-11-22(20)27)29-24(34)16-33-26-25(18(2)30-33)21(12-13-28-26)19-8-4-3-5-9-19/h3-14H,15-16H2,1-2H3,(H,29,31,34). The van der Waals surface area contributed by atoms with E-state index in [-0.39, 0.29) is 12.5 Å². The number of nitrogens with zero attached hydrogens (tertiary/aromatic N) is 5. The molecule has 0 bridgehead atoms. The average molecular weight is 471 g/mol. The van der Waals surface area contributed by atoms with Gasteiger partial charge in [-0.25, -0.2) is 9.67 Å². The molecular weight excluding hydrogens is 448 g/mol. The van der Waals surface area contributed by atoms with Crippen molar-refractivity contribution in [1.29, 1.82) is 0 Å². The number of hydrogen-bond acceptors (Lipinski definition) is 4. The second-order valence-electron chi connectivity index (χ2n) is 8.13. The lowest BCUT2D eigenvalue weighted by Crippen LogP contribution is -2.20. The van der Waals surface area contributed by atoms with Crippen LogP contribution in [0.2, 0.25) is 5.02 Å². The van der Waals surface area contributed by atoms with Gasteiger partial charge in [0.1, 0.15) is 6.54 Å². The van der Waals surface area contributed by atoms with Gasteiger partial charge in [0.25, 0.3) is 0 Å². The van der Waals surface area contributed by atoms with Gasteiger partial charge in [0.05, 0.1) is 12.2 Å². The quantitative estimate of drug-likeness (QED) is 0.367. The first kappa shape index (κ1) is 21.9. The van der Waals surface area contributed by atoms with Crippen molar-refractivity contribution in [2.75, 3.05) is 5.32 Å². The summed E-state index contributed by atoms with van der Waals surface area (Å²) in [4.78, 5) is 17.4. The Balaban J connectivity index is 1.36. The maximum Gasteiger partial charge on any atom is 0.247 e. The van der Waals surface area contributed by atoms with Crippen LogP contribution in [0, 0.1) is 13.8 Å². The van der Waals surface area contributed by atoms with Crippen molar-refractivity contribution in [3.63, 3.8) is 0 Å². The molecule has 3 heterocycles. The minimum atomic E-state index is -0.223. The predicted molar refractivity (Wildman–Crippen MR) is 134 cm³/mol. The fraction of sp³-hybridized carbons (Fsp3) is 0.154. The summed E-state index contributed by atoms with van der Waals surface area (Å²) in [5.74, 6) is 0.263. The van der Waals surface area contributed by atoms with Crippen LogP contribution in [-0.2, 0) is 17.9 Å². The molecule has 1 N–H and O–H groups in total. The third-order valence-corrected chi connectivity index (χ3v) is 6.08. The lowest BCUT2D eigenvalue weighted by atomic mass is 10.0. The van der Waals surface area contributed by atoms with Crippen LogP contribution in [0.3, 0.4) is 0 Å². The number of fused-ring (bicyclic) bond motifs is 1. The molecule has 0 aliphatic rings. The van der Waals surface area contributed by atoms with Gasteiger partial charge in [-0.2, -0.15) is 10.2 Å². The number of benzene rings is 2. The predicted octanol–water partition coefficient (Wildman–Crippen LogP) is 5.25. The summed E-state index contributed by atoms with van der Waals surface area (Å²) >= 11 is 6.28. The fourth-order valence-electron chi connectivity index (χ4n) is 4.09. The molecule has 1 amide bonds. The molecular formula is C26H23ClN6O. The molecule has 34 heavy (non-hydrogen) atoms. The molecule has 3 aromatic heterocycles. The van der Waals surface area contributed by atoms with E-state index in [9.17, 15) is 4.79 Å². The SMILES string of the molecule is Cc1nn(CC(=O)Nc2cc(C)n(Cc3ccccc3Cl)n2)c2nccc(-c3ccccc3)c12. The minimum Gasteiger partial charge on any atom is -0.308 e. The van der Waals surface area contributed by atoms with Crippen LogP contribution in [0.15, 0.2) is 72.9 Å². The van der Waals surface area contributed by atoms with E-state index < -0.39 is 0 Å². The molecule has 2 aromatic carbocycles. The summed E-state index contributed by atoms with van der Waals surface area (Å²) < 4.78 is 3.46. The topological polar surface area (TPSA) is 77.6 Å². The van der Waals surface area contributed by atoms with Crippen molar-refractivity contribution in [3.05, 3.63) is 94.9 Å². The highest BCUT2D eigenvalue weighted by Crippen LogP contribution is 2.29. The summed E-state index contributed by atoms with van der Waals surface area (Å²) in [7, 11) is 0. The molecule has 7 nitrogen and oxygen atoms in total. The first-order chi connectivity index (χ1) is 16.5. The van der Waals surface area contributed by atoms with Crippen molar-refractivity contribution < 1.29 is 4.79 Å². The summed E-state index contributed by atoms with van der Waals surface area (Å²) in [6, 6.07) is 21.6. The molecule has 8 heteroatoms. The molecule has 0 saturated carbocycles. The van der Waals surface area contributed by atoms with Gasteiger partial charge in [0.2, 0.25) is 5.91 Å². The van der Waals surface area contributed by atoms with Crippen molar-refractivity contribution in [1.82, 2.24) is 24.5 Å². The summed E-state index contributed by atoms with van der Waals surface area (Å²) in [6.45, 7) is 4.44. The highest BCUT2D eigenvalue weighted by atomic mass is 35.5. The molecule has 5 rings (SSSR count). The Hall–Kier alpha value is -3.97. The zero-order valence-electron chi connectivity index (χ0n) is 18.9. The smallest absolute Gasteiger partial charge is 0.247 e. The molecule has 0 aliphatic heterocycles. The number of rotatable bonds is 6. The van der Waals surface area contributed by atoms with E-state index in [4.69, 9.17) is 11.6 Å². The molecule has 5 aromatic rings. The van der Waals surface area contributed by atoms with Crippen LogP contribution in [0.4, 0.5) is 5.82 Å². The summed E-state index contributed by atoms with van der Waals surface area (Å²) in [5.41, 5.74) is 5.52. The fourth-order valence-corrected chi connectivity index (χ4v) is 4.28. The summed E-state index contributed by atoms with van der Waals surface area (Å²) in [6.07, 6.45) is 1.75. The van der Waals surface area contributed by atoms with Crippen LogP contribution in [0.1, 0.15) is 17.0 Å². The Kier molecular flexibility index (Phi) is 5.86.